The monoisotopic (exact) mass is 202 g/mol. The van der Waals surface area contributed by atoms with Crippen molar-refractivity contribution in [1.29, 1.82) is 0 Å². The summed E-state index contributed by atoms with van der Waals surface area (Å²) in [6.07, 6.45) is -0.883. The van der Waals surface area contributed by atoms with E-state index in [2.05, 4.69) is 5.32 Å². The highest BCUT2D eigenvalue weighted by molar-refractivity contribution is 5.77. The molecule has 0 saturated carbocycles. The summed E-state index contributed by atoms with van der Waals surface area (Å²) in [6.45, 7) is 2.51. The highest BCUT2D eigenvalue weighted by atomic mass is 16.5. The molecule has 80 valence electrons. The fraction of sp³-hybridized carbons (Fsp3) is 0.750. The summed E-state index contributed by atoms with van der Waals surface area (Å²) in [5.41, 5.74) is 0. The number of amides is 2. The summed E-state index contributed by atoms with van der Waals surface area (Å²) in [7, 11) is 0. The van der Waals surface area contributed by atoms with Crippen molar-refractivity contribution in [3.63, 3.8) is 0 Å². The zero-order valence-electron chi connectivity index (χ0n) is 7.86. The maximum atomic E-state index is 11.4. The molecule has 14 heavy (non-hydrogen) atoms. The Balaban J connectivity index is 2.16. The second-order valence-corrected chi connectivity index (χ2v) is 2.98. The van der Waals surface area contributed by atoms with E-state index < -0.39 is 6.09 Å². The van der Waals surface area contributed by atoms with Gasteiger partial charge in [0.2, 0.25) is 5.91 Å². The molecule has 0 aromatic carbocycles. The number of nitrogens with zero attached hydrogens (tertiary/aromatic N) is 1. The third kappa shape index (κ3) is 3.61. The second-order valence-electron chi connectivity index (χ2n) is 2.98. The van der Waals surface area contributed by atoms with E-state index >= 15 is 0 Å². The average molecular weight is 202 g/mol. The third-order valence-corrected chi connectivity index (χ3v) is 1.98. The van der Waals surface area contributed by atoms with Crippen molar-refractivity contribution in [3.05, 3.63) is 0 Å². The molecular formula is C8H14N2O4. The zero-order chi connectivity index (χ0) is 10.4. The molecule has 6 heteroatoms. The van der Waals surface area contributed by atoms with Crippen LogP contribution in [0.1, 0.15) is 6.42 Å². The quantitative estimate of drug-likeness (QED) is 0.646. The lowest BCUT2D eigenvalue weighted by Crippen LogP contribution is -2.41. The van der Waals surface area contributed by atoms with Gasteiger partial charge < -0.3 is 20.1 Å². The van der Waals surface area contributed by atoms with Gasteiger partial charge >= 0.3 is 6.09 Å². The van der Waals surface area contributed by atoms with E-state index in [9.17, 15) is 9.59 Å². The van der Waals surface area contributed by atoms with E-state index in [0.717, 1.165) is 0 Å². The van der Waals surface area contributed by atoms with Crippen LogP contribution >= 0.6 is 0 Å². The lowest BCUT2D eigenvalue weighted by atomic mass is 10.3. The minimum atomic E-state index is -1.10. The van der Waals surface area contributed by atoms with Gasteiger partial charge in [-0.2, -0.15) is 0 Å². The van der Waals surface area contributed by atoms with Crippen LogP contribution in [0.2, 0.25) is 0 Å². The number of rotatable bonds is 3. The van der Waals surface area contributed by atoms with Crippen molar-refractivity contribution in [1.82, 2.24) is 10.2 Å². The van der Waals surface area contributed by atoms with Crippen LogP contribution in [0.5, 0.6) is 0 Å². The minimum Gasteiger partial charge on any atom is -0.465 e. The van der Waals surface area contributed by atoms with Crippen LogP contribution < -0.4 is 5.32 Å². The van der Waals surface area contributed by atoms with Crippen LogP contribution in [0.4, 0.5) is 4.79 Å². The Morgan fingerprint density at radius 1 is 1.36 bits per heavy atom. The Kier molecular flexibility index (Phi) is 4.18. The molecule has 0 unspecified atom stereocenters. The lowest BCUT2D eigenvalue weighted by Gasteiger charge is -2.26. The van der Waals surface area contributed by atoms with Gasteiger partial charge in [0.05, 0.1) is 13.2 Å². The molecular weight excluding hydrogens is 188 g/mol. The van der Waals surface area contributed by atoms with Gasteiger partial charge in [-0.1, -0.05) is 0 Å². The van der Waals surface area contributed by atoms with Crippen molar-refractivity contribution < 1.29 is 19.4 Å². The second kappa shape index (κ2) is 5.43. The van der Waals surface area contributed by atoms with Gasteiger partial charge in [-0.05, 0) is 0 Å². The van der Waals surface area contributed by atoms with E-state index in [4.69, 9.17) is 9.84 Å². The Morgan fingerprint density at radius 3 is 2.57 bits per heavy atom. The van der Waals surface area contributed by atoms with Gasteiger partial charge in [-0.25, -0.2) is 4.79 Å². The van der Waals surface area contributed by atoms with Crippen LogP contribution in [0.25, 0.3) is 0 Å². The van der Waals surface area contributed by atoms with Crippen molar-refractivity contribution in [2.45, 2.75) is 6.42 Å². The first kappa shape index (κ1) is 10.8. The largest absolute Gasteiger partial charge is 0.465 e. The number of hydrogen-bond donors (Lipinski definition) is 2. The number of carbonyl (C=O) groups is 2. The summed E-state index contributed by atoms with van der Waals surface area (Å²) in [5, 5.41) is 10.4. The van der Waals surface area contributed by atoms with Gasteiger partial charge in [-0.3, -0.25) is 4.79 Å². The molecule has 1 rings (SSSR count). The van der Waals surface area contributed by atoms with E-state index in [-0.39, 0.29) is 18.9 Å². The highest BCUT2D eigenvalue weighted by Crippen LogP contribution is 1.99. The molecule has 1 fully saturated rings. The van der Waals surface area contributed by atoms with Gasteiger partial charge in [0, 0.05) is 26.1 Å². The third-order valence-electron chi connectivity index (χ3n) is 1.98. The predicted molar refractivity (Wildman–Crippen MR) is 48.0 cm³/mol. The van der Waals surface area contributed by atoms with Gasteiger partial charge in [-0.15, -0.1) is 0 Å². The normalized spacial score (nSPS) is 16.4. The molecule has 1 saturated heterocycles. The number of hydrogen-bond acceptors (Lipinski definition) is 3. The summed E-state index contributed by atoms with van der Waals surface area (Å²) in [4.78, 5) is 23.2. The molecule has 0 aromatic heterocycles. The number of morpholine rings is 1. The maximum absolute atomic E-state index is 11.4. The predicted octanol–water partition coefficient (Wildman–Crippen LogP) is -0.497. The van der Waals surface area contributed by atoms with Crippen molar-refractivity contribution in [3.8, 4) is 0 Å². The Bertz CT molecular complexity index is 213. The van der Waals surface area contributed by atoms with E-state index in [1.165, 1.54) is 0 Å². The van der Waals surface area contributed by atoms with Gasteiger partial charge in [0.15, 0.2) is 0 Å². The van der Waals surface area contributed by atoms with Crippen LogP contribution in [0.15, 0.2) is 0 Å². The van der Waals surface area contributed by atoms with E-state index in [1.807, 2.05) is 0 Å². The van der Waals surface area contributed by atoms with E-state index in [0.29, 0.717) is 26.3 Å². The summed E-state index contributed by atoms with van der Waals surface area (Å²) in [6, 6.07) is 0. The molecule has 1 aliphatic heterocycles. The highest BCUT2D eigenvalue weighted by Gasteiger charge is 2.16. The summed E-state index contributed by atoms with van der Waals surface area (Å²) >= 11 is 0. The van der Waals surface area contributed by atoms with Crippen molar-refractivity contribution in [2.75, 3.05) is 32.8 Å². The first-order chi connectivity index (χ1) is 6.70. The molecule has 6 nitrogen and oxygen atoms in total. The Morgan fingerprint density at radius 2 is 2.00 bits per heavy atom. The molecule has 0 bridgehead atoms. The lowest BCUT2D eigenvalue weighted by molar-refractivity contribution is -0.135. The molecule has 2 amide bonds. The molecule has 0 atom stereocenters. The molecule has 0 spiro atoms. The summed E-state index contributed by atoms with van der Waals surface area (Å²) < 4.78 is 5.09. The minimum absolute atomic E-state index is 0.0259. The average Bonchev–Trinajstić information content (AvgIpc) is 2.18. The fourth-order valence-electron chi connectivity index (χ4n) is 1.25. The molecule has 1 aliphatic rings. The molecule has 0 radical (unpaired) electrons. The molecule has 0 aromatic rings. The SMILES string of the molecule is O=C(O)NCCC(=O)N1CCOCC1. The van der Waals surface area contributed by atoms with Gasteiger partial charge in [0.25, 0.3) is 0 Å². The maximum Gasteiger partial charge on any atom is 0.404 e. The summed E-state index contributed by atoms with van der Waals surface area (Å²) in [5.74, 6) is -0.0259. The first-order valence-electron chi connectivity index (χ1n) is 4.52. The topological polar surface area (TPSA) is 78.9 Å². The van der Waals surface area contributed by atoms with Crippen LogP contribution in [0.3, 0.4) is 0 Å². The smallest absolute Gasteiger partial charge is 0.404 e. The van der Waals surface area contributed by atoms with Crippen LogP contribution in [-0.4, -0.2) is 54.9 Å². The van der Waals surface area contributed by atoms with E-state index in [1.54, 1.807) is 4.90 Å². The number of carboxylic acid groups (broad SMARTS) is 1. The number of carbonyl (C=O) groups excluding carboxylic acids is 1. The Labute approximate surface area is 81.8 Å². The Hall–Kier alpha value is -1.30. The first-order valence-corrected chi connectivity index (χ1v) is 4.52. The number of ether oxygens (including phenoxy) is 1. The molecule has 0 aliphatic carbocycles. The standard InChI is InChI=1S/C8H14N2O4/c11-7(1-2-9-8(12)13)10-3-5-14-6-4-10/h9H,1-6H2,(H,12,13). The molecule has 1 heterocycles. The van der Waals surface area contributed by atoms with Crippen molar-refractivity contribution in [2.24, 2.45) is 0 Å². The molecule has 2 N–H and O–H groups in total. The van der Waals surface area contributed by atoms with Crippen molar-refractivity contribution >= 4 is 12.0 Å². The van der Waals surface area contributed by atoms with Gasteiger partial charge in [0.1, 0.15) is 0 Å². The fourth-order valence-corrected chi connectivity index (χ4v) is 1.25. The van der Waals surface area contributed by atoms with Crippen LogP contribution in [-0.2, 0) is 9.53 Å². The zero-order valence-corrected chi connectivity index (χ0v) is 7.86. The van der Waals surface area contributed by atoms with Crippen LogP contribution in [0, 0.1) is 0 Å². The number of nitrogens with one attached hydrogen (secondary N) is 1.